The van der Waals surface area contributed by atoms with E-state index in [0.29, 0.717) is 82.8 Å². The maximum Gasteiger partial charge on any atom is 0.318 e. The largest absolute Gasteiger partial charge is 0.461 e. The van der Waals surface area contributed by atoms with Gasteiger partial charge in [-0.2, -0.15) is 15.2 Å². The molecule has 1 aliphatic carbocycles. The van der Waals surface area contributed by atoms with Gasteiger partial charge in [-0.1, -0.05) is 6.07 Å². The minimum absolute atomic E-state index is 0.0586. The maximum absolute atomic E-state index is 14.5. The quantitative estimate of drug-likeness (QED) is 0.533. The van der Waals surface area contributed by atoms with E-state index in [-0.39, 0.29) is 11.0 Å². The number of nitriles is 1. The smallest absolute Gasteiger partial charge is 0.318 e. The predicted octanol–water partition coefficient (Wildman–Crippen LogP) is 3.04. The average Bonchev–Trinajstić information content (AvgIpc) is 3.40. The molecule has 3 atom stereocenters. The molecule has 6 heterocycles. The summed E-state index contributed by atoms with van der Waals surface area (Å²) in [7, 11) is 0. The summed E-state index contributed by atoms with van der Waals surface area (Å²) in [5, 5.41) is 10.1. The van der Waals surface area contributed by atoms with Crippen molar-refractivity contribution < 1.29 is 23.3 Å². The lowest BCUT2D eigenvalue weighted by atomic mass is 9.72. The van der Waals surface area contributed by atoms with E-state index < -0.39 is 11.8 Å². The van der Waals surface area contributed by atoms with Gasteiger partial charge in [0.1, 0.15) is 30.3 Å². The molecule has 228 valence electrons. The SMILES string of the molecule is N#Cc1c(N)ccc2c1[C@]1(CCC2)Cc2nc(OC[C@@]34CCCN3C[C@H](F)C4)nc(N3CCOCC4(COC4)C3)c2CO1. The number of halogens is 1. The number of nitrogens with zero attached hydrogens (tertiary/aromatic N) is 5. The first kappa shape index (κ1) is 27.5. The van der Waals surface area contributed by atoms with E-state index in [1.165, 1.54) is 0 Å². The van der Waals surface area contributed by atoms with Crippen molar-refractivity contribution in [2.24, 2.45) is 5.41 Å². The fraction of sp³-hybridized carbons (Fsp3) is 0.656. The first-order chi connectivity index (χ1) is 20.9. The van der Waals surface area contributed by atoms with Gasteiger partial charge in [-0.25, -0.2) is 4.39 Å². The molecular formula is C32H39FN6O4. The van der Waals surface area contributed by atoms with Crippen LogP contribution in [0.5, 0.6) is 6.01 Å². The lowest BCUT2D eigenvalue weighted by molar-refractivity contribution is -0.136. The van der Waals surface area contributed by atoms with Crippen LogP contribution in [-0.2, 0) is 39.3 Å². The van der Waals surface area contributed by atoms with E-state index in [2.05, 4.69) is 15.9 Å². The number of ether oxygens (including phenoxy) is 4. The highest BCUT2D eigenvalue weighted by Gasteiger charge is 2.50. The van der Waals surface area contributed by atoms with Gasteiger partial charge in [-0.3, -0.25) is 4.90 Å². The fourth-order valence-electron chi connectivity index (χ4n) is 8.56. The van der Waals surface area contributed by atoms with Crippen molar-refractivity contribution in [3.8, 4) is 12.1 Å². The fourth-order valence-corrected chi connectivity index (χ4v) is 8.56. The molecule has 0 amide bonds. The van der Waals surface area contributed by atoms with Gasteiger partial charge >= 0.3 is 6.01 Å². The standard InChI is InChI=1S/C32H39FN6O4/c33-22-11-31(6-2-8-39(31)14-22)20-42-29-36-26-12-32(7-1-3-21-4-5-25(35)23(13-34)27(21)32)43-15-24(26)28(37-29)38-9-10-40-17-30(16-38)18-41-19-30/h4-5,22H,1-3,6-12,14-20,35H2/t22-,31+,32+/m1/s1. The number of fused-ring (bicyclic) bond motifs is 4. The Labute approximate surface area is 251 Å². The number of rotatable bonds is 4. The number of alkyl halides is 1. The van der Waals surface area contributed by atoms with Gasteiger partial charge in [0.25, 0.3) is 0 Å². The Balaban J connectivity index is 1.18. The zero-order valence-corrected chi connectivity index (χ0v) is 24.6. The summed E-state index contributed by atoms with van der Waals surface area (Å²) < 4.78 is 39.4. The minimum Gasteiger partial charge on any atom is -0.461 e. The van der Waals surface area contributed by atoms with Crippen LogP contribution in [0.3, 0.4) is 0 Å². The van der Waals surface area contributed by atoms with Crippen molar-refractivity contribution in [3.05, 3.63) is 40.1 Å². The van der Waals surface area contributed by atoms with Crippen LogP contribution in [0.4, 0.5) is 15.9 Å². The number of aromatic nitrogens is 2. The highest BCUT2D eigenvalue weighted by molar-refractivity contribution is 5.63. The minimum atomic E-state index is -0.827. The number of nitrogens with two attached hydrogens (primary N) is 1. The highest BCUT2D eigenvalue weighted by Crippen LogP contribution is 2.49. The second-order valence-electron chi connectivity index (χ2n) is 13.6. The molecular weight excluding hydrogens is 551 g/mol. The molecule has 10 nitrogen and oxygen atoms in total. The van der Waals surface area contributed by atoms with E-state index in [1.54, 1.807) is 0 Å². The van der Waals surface area contributed by atoms with E-state index in [9.17, 15) is 9.65 Å². The molecule has 11 heteroatoms. The van der Waals surface area contributed by atoms with Gasteiger partial charge in [-0.15, -0.1) is 0 Å². The third-order valence-corrected chi connectivity index (χ3v) is 10.7. The first-order valence-corrected chi connectivity index (χ1v) is 15.7. The summed E-state index contributed by atoms with van der Waals surface area (Å²) in [5.41, 5.74) is 10.1. The van der Waals surface area contributed by atoms with Crippen LogP contribution >= 0.6 is 0 Å². The van der Waals surface area contributed by atoms with Crippen molar-refractivity contribution in [3.63, 3.8) is 0 Å². The van der Waals surface area contributed by atoms with Crippen molar-refractivity contribution in [2.45, 2.75) is 68.9 Å². The number of hydrogen-bond donors (Lipinski definition) is 1. The van der Waals surface area contributed by atoms with Gasteiger partial charge in [0, 0.05) is 49.3 Å². The maximum atomic E-state index is 14.5. The van der Waals surface area contributed by atoms with Crippen LogP contribution in [0.1, 0.15) is 60.1 Å². The predicted molar refractivity (Wildman–Crippen MR) is 156 cm³/mol. The van der Waals surface area contributed by atoms with Crippen LogP contribution in [0, 0.1) is 16.7 Å². The summed E-state index contributed by atoms with van der Waals surface area (Å²) in [5.74, 6) is 0.811. The van der Waals surface area contributed by atoms with Crippen LogP contribution in [0.2, 0.25) is 0 Å². The monoisotopic (exact) mass is 590 g/mol. The third-order valence-electron chi connectivity index (χ3n) is 10.7. The Morgan fingerprint density at radius 1 is 1.14 bits per heavy atom. The van der Waals surface area contributed by atoms with E-state index in [4.69, 9.17) is 34.6 Å². The lowest BCUT2D eigenvalue weighted by Gasteiger charge is -2.45. The van der Waals surface area contributed by atoms with Crippen molar-refractivity contribution >= 4 is 11.5 Å². The van der Waals surface area contributed by atoms with Gasteiger partial charge in [-0.05, 0) is 50.3 Å². The normalized spacial score (nSPS) is 31.2. The molecule has 0 radical (unpaired) electrons. The molecule has 0 bridgehead atoms. The Hall–Kier alpha value is -3.04. The molecule has 0 unspecified atom stereocenters. The molecule has 2 spiro atoms. The number of aryl methyl sites for hydroxylation is 1. The van der Waals surface area contributed by atoms with Crippen LogP contribution < -0.4 is 15.4 Å². The van der Waals surface area contributed by atoms with Gasteiger partial charge < -0.3 is 29.6 Å². The summed E-state index contributed by atoms with van der Waals surface area (Å²) in [4.78, 5) is 14.6. The van der Waals surface area contributed by atoms with Gasteiger partial charge in [0.15, 0.2) is 0 Å². The summed E-state index contributed by atoms with van der Waals surface area (Å²) in [6, 6.07) is 6.56. The summed E-state index contributed by atoms with van der Waals surface area (Å²) in [6.07, 6.45) is 4.75. The molecule has 4 fully saturated rings. The second-order valence-corrected chi connectivity index (χ2v) is 13.6. The molecule has 8 rings (SSSR count). The zero-order valence-electron chi connectivity index (χ0n) is 24.6. The number of anilines is 2. The van der Waals surface area contributed by atoms with Gasteiger partial charge in [0.05, 0.1) is 55.2 Å². The number of benzene rings is 1. The van der Waals surface area contributed by atoms with Crippen LogP contribution in [0.15, 0.2) is 12.1 Å². The Morgan fingerprint density at radius 3 is 2.86 bits per heavy atom. The first-order valence-electron chi connectivity index (χ1n) is 15.7. The molecule has 0 saturated carbocycles. The van der Waals surface area contributed by atoms with E-state index >= 15 is 0 Å². The molecule has 43 heavy (non-hydrogen) atoms. The van der Waals surface area contributed by atoms with Crippen molar-refractivity contribution in [1.29, 1.82) is 5.26 Å². The Morgan fingerprint density at radius 2 is 2.02 bits per heavy atom. The van der Waals surface area contributed by atoms with E-state index in [1.807, 2.05) is 12.1 Å². The van der Waals surface area contributed by atoms with Gasteiger partial charge in [0.2, 0.25) is 0 Å². The average molecular weight is 591 g/mol. The van der Waals surface area contributed by atoms with Crippen molar-refractivity contribution in [1.82, 2.24) is 14.9 Å². The number of hydrogen-bond acceptors (Lipinski definition) is 10. The number of nitrogen functional groups attached to an aromatic ring is 1. The second kappa shape index (κ2) is 10.3. The summed E-state index contributed by atoms with van der Waals surface area (Å²) >= 11 is 0. The molecule has 4 saturated heterocycles. The third kappa shape index (κ3) is 4.48. The molecule has 2 aromatic rings. The van der Waals surface area contributed by atoms with Crippen LogP contribution in [0.25, 0.3) is 0 Å². The van der Waals surface area contributed by atoms with Crippen molar-refractivity contribution in [2.75, 3.05) is 69.8 Å². The zero-order chi connectivity index (χ0) is 29.2. The molecule has 1 aromatic carbocycles. The highest BCUT2D eigenvalue weighted by atomic mass is 19.1. The van der Waals surface area contributed by atoms with E-state index in [0.717, 1.165) is 73.4 Å². The molecule has 1 aromatic heterocycles. The molecule has 2 N–H and O–H groups in total. The molecule has 6 aliphatic rings. The lowest BCUT2D eigenvalue weighted by Crippen LogP contribution is -2.52. The Bertz CT molecular complexity index is 1480. The summed E-state index contributed by atoms with van der Waals surface area (Å²) in [6.45, 7) is 6.11. The topological polar surface area (TPSA) is 119 Å². The Kier molecular flexibility index (Phi) is 6.56. The van der Waals surface area contributed by atoms with Crippen LogP contribution in [-0.4, -0.2) is 85.8 Å². The molecule has 5 aliphatic heterocycles.